The first-order chi connectivity index (χ1) is 23.3. The van der Waals surface area contributed by atoms with Crippen LogP contribution in [0, 0.1) is 0 Å². The number of benzene rings is 7. The molecule has 2 heterocycles. The molecule has 0 unspecified atom stereocenters. The zero-order chi connectivity index (χ0) is 31.2. The molecule has 0 aliphatic heterocycles. The van der Waals surface area contributed by atoms with Crippen LogP contribution in [-0.4, -0.2) is 19.5 Å². The number of nitrogens with zero attached hydrogens (tertiary/aromatic N) is 4. The molecule has 4 heteroatoms. The van der Waals surface area contributed by atoms with Gasteiger partial charge in [0.05, 0.1) is 11.0 Å². The Balaban J connectivity index is 1.22. The molecule has 0 radical (unpaired) electrons. The zero-order valence-corrected chi connectivity index (χ0v) is 25.5. The van der Waals surface area contributed by atoms with E-state index in [-0.39, 0.29) is 0 Å². The lowest BCUT2D eigenvalue weighted by molar-refractivity contribution is 1.07. The summed E-state index contributed by atoms with van der Waals surface area (Å²) >= 11 is 0. The van der Waals surface area contributed by atoms with Crippen molar-refractivity contribution in [1.82, 2.24) is 19.5 Å². The minimum Gasteiger partial charge on any atom is -0.309 e. The summed E-state index contributed by atoms with van der Waals surface area (Å²) in [6.45, 7) is 0. The Kier molecular flexibility index (Phi) is 6.43. The summed E-state index contributed by atoms with van der Waals surface area (Å²) in [5.74, 6) is 1.93. The van der Waals surface area contributed by atoms with Gasteiger partial charge >= 0.3 is 0 Å². The van der Waals surface area contributed by atoms with Crippen molar-refractivity contribution >= 4 is 32.6 Å². The van der Waals surface area contributed by atoms with Gasteiger partial charge in [0.2, 0.25) is 0 Å². The van der Waals surface area contributed by atoms with E-state index in [1.165, 1.54) is 27.2 Å². The van der Waals surface area contributed by atoms with E-state index >= 15 is 0 Å². The van der Waals surface area contributed by atoms with Crippen LogP contribution in [0.1, 0.15) is 0 Å². The van der Waals surface area contributed by atoms with E-state index < -0.39 is 0 Å². The maximum absolute atomic E-state index is 5.12. The van der Waals surface area contributed by atoms with Gasteiger partial charge in [0.15, 0.2) is 17.5 Å². The van der Waals surface area contributed by atoms with Crippen LogP contribution in [0.5, 0.6) is 0 Å². The van der Waals surface area contributed by atoms with Gasteiger partial charge in [-0.15, -0.1) is 0 Å². The molecule has 0 atom stereocenters. The highest BCUT2D eigenvalue weighted by molar-refractivity contribution is 6.09. The van der Waals surface area contributed by atoms with Crippen LogP contribution in [0.2, 0.25) is 0 Å². The lowest BCUT2D eigenvalue weighted by atomic mass is 9.98. The molecule has 0 spiro atoms. The number of rotatable bonds is 5. The molecular formula is C43H28N4. The quantitative estimate of drug-likeness (QED) is 0.197. The van der Waals surface area contributed by atoms with E-state index in [4.69, 9.17) is 15.0 Å². The molecule has 0 fully saturated rings. The van der Waals surface area contributed by atoms with Gasteiger partial charge in [-0.25, -0.2) is 15.0 Å². The number of hydrogen-bond acceptors (Lipinski definition) is 3. The lowest BCUT2D eigenvalue weighted by Gasteiger charge is -2.14. The molecule has 9 rings (SSSR count). The molecule has 9 aromatic rings. The fourth-order valence-electron chi connectivity index (χ4n) is 6.61. The van der Waals surface area contributed by atoms with E-state index in [1.807, 2.05) is 30.3 Å². The Bertz CT molecular complexity index is 2530. The number of para-hydroxylation sites is 2. The van der Waals surface area contributed by atoms with Crippen molar-refractivity contribution in [2.45, 2.75) is 0 Å². The highest BCUT2D eigenvalue weighted by Gasteiger charge is 2.17. The van der Waals surface area contributed by atoms with Gasteiger partial charge in [0, 0.05) is 33.2 Å². The molecule has 0 N–H and O–H groups in total. The Morgan fingerprint density at radius 2 is 0.915 bits per heavy atom. The highest BCUT2D eigenvalue weighted by atomic mass is 15.0. The van der Waals surface area contributed by atoms with E-state index in [9.17, 15) is 0 Å². The molecule has 4 nitrogen and oxygen atoms in total. The maximum atomic E-state index is 5.12. The first-order valence-corrected chi connectivity index (χ1v) is 15.8. The summed E-state index contributed by atoms with van der Waals surface area (Å²) in [6.07, 6.45) is 0. The fourth-order valence-corrected chi connectivity index (χ4v) is 6.61. The summed E-state index contributed by atoms with van der Waals surface area (Å²) in [6, 6.07) is 59.2. The monoisotopic (exact) mass is 600 g/mol. The average Bonchev–Trinajstić information content (AvgIpc) is 3.49. The van der Waals surface area contributed by atoms with Gasteiger partial charge < -0.3 is 4.57 Å². The Labute approximate surface area is 272 Å². The molecule has 47 heavy (non-hydrogen) atoms. The molecule has 0 aliphatic rings. The topological polar surface area (TPSA) is 43.6 Å². The lowest BCUT2D eigenvalue weighted by Crippen LogP contribution is -2.01. The third kappa shape index (κ3) is 4.75. The van der Waals surface area contributed by atoms with Crippen LogP contribution in [0.3, 0.4) is 0 Å². The maximum Gasteiger partial charge on any atom is 0.164 e. The summed E-state index contributed by atoms with van der Waals surface area (Å²) in [5, 5.41) is 4.82. The molecular weight excluding hydrogens is 573 g/mol. The molecule has 0 saturated heterocycles. The molecule has 0 aliphatic carbocycles. The SMILES string of the molecule is c1ccc(-c2nc(-c3ccc4ccccc4c3)nc(-c3ccccc3-c3cccc(-n4c5ccccc5c5ccccc54)c3)n2)cc1. The van der Waals surface area contributed by atoms with Gasteiger partial charge in [0.25, 0.3) is 0 Å². The minimum atomic E-state index is 0.639. The van der Waals surface area contributed by atoms with Gasteiger partial charge in [-0.2, -0.15) is 0 Å². The van der Waals surface area contributed by atoms with E-state index in [2.05, 4.69) is 144 Å². The van der Waals surface area contributed by atoms with Gasteiger partial charge in [-0.05, 0) is 52.2 Å². The van der Waals surface area contributed by atoms with Crippen molar-refractivity contribution in [3.8, 4) is 51.0 Å². The van der Waals surface area contributed by atoms with Crippen LogP contribution >= 0.6 is 0 Å². The Hall–Kier alpha value is -6.39. The molecule has 0 amide bonds. The second-order valence-electron chi connectivity index (χ2n) is 11.7. The van der Waals surface area contributed by atoms with Crippen molar-refractivity contribution in [2.24, 2.45) is 0 Å². The average molecular weight is 601 g/mol. The third-order valence-corrected chi connectivity index (χ3v) is 8.84. The number of hydrogen-bond donors (Lipinski definition) is 0. The third-order valence-electron chi connectivity index (χ3n) is 8.84. The fraction of sp³-hybridized carbons (Fsp3) is 0. The second-order valence-corrected chi connectivity index (χ2v) is 11.7. The number of fused-ring (bicyclic) bond motifs is 4. The van der Waals surface area contributed by atoms with Gasteiger partial charge in [-0.3, -0.25) is 0 Å². The van der Waals surface area contributed by atoms with Crippen LogP contribution in [0.15, 0.2) is 170 Å². The van der Waals surface area contributed by atoms with Gasteiger partial charge in [-0.1, -0.05) is 140 Å². The first-order valence-electron chi connectivity index (χ1n) is 15.8. The van der Waals surface area contributed by atoms with Crippen LogP contribution in [0.25, 0.3) is 83.6 Å². The second kappa shape index (κ2) is 11.2. The van der Waals surface area contributed by atoms with Crippen molar-refractivity contribution in [3.05, 3.63) is 170 Å². The summed E-state index contributed by atoms with van der Waals surface area (Å²) in [5.41, 5.74) is 8.48. The minimum absolute atomic E-state index is 0.639. The van der Waals surface area contributed by atoms with Crippen molar-refractivity contribution in [1.29, 1.82) is 0 Å². The summed E-state index contributed by atoms with van der Waals surface area (Å²) in [7, 11) is 0. The van der Waals surface area contributed by atoms with E-state index in [0.29, 0.717) is 17.5 Å². The summed E-state index contributed by atoms with van der Waals surface area (Å²) in [4.78, 5) is 15.2. The predicted molar refractivity (Wildman–Crippen MR) is 193 cm³/mol. The van der Waals surface area contributed by atoms with E-state index in [0.717, 1.165) is 38.9 Å². The molecule has 7 aromatic carbocycles. The first kappa shape index (κ1) is 27.0. The number of aromatic nitrogens is 4. The summed E-state index contributed by atoms with van der Waals surface area (Å²) < 4.78 is 2.35. The standard InChI is InChI=1S/C43H28N4/c1-2-14-30(15-3-1)41-44-42(33-26-25-29-13-4-5-16-31(29)27-33)46-43(45-41)38-22-7-6-19-35(38)32-17-12-18-34(28-32)47-39-23-10-8-20-36(39)37-21-9-11-24-40(37)47/h1-28H. The molecule has 0 saturated carbocycles. The van der Waals surface area contributed by atoms with Crippen LogP contribution in [-0.2, 0) is 0 Å². The smallest absolute Gasteiger partial charge is 0.164 e. The van der Waals surface area contributed by atoms with Crippen LogP contribution < -0.4 is 0 Å². The normalized spacial score (nSPS) is 11.4. The van der Waals surface area contributed by atoms with Crippen molar-refractivity contribution < 1.29 is 0 Å². The van der Waals surface area contributed by atoms with Crippen molar-refractivity contribution in [3.63, 3.8) is 0 Å². The predicted octanol–water partition coefficient (Wildman–Crippen LogP) is 10.8. The zero-order valence-electron chi connectivity index (χ0n) is 25.5. The van der Waals surface area contributed by atoms with Crippen molar-refractivity contribution in [2.75, 3.05) is 0 Å². The van der Waals surface area contributed by atoms with Crippen LogP contribution in [0.4, 0.5) is 0 Å². The largest absolute Gasteiger partial charge is 0.309 e. The van der Waals surface area contributed by atoms with Gasteiger partial charge in [0.1, 0.15) is 0 Å². The Morgan fingerprint density at radius 1 is 0.340 bits per heavy atom. The highest BCUT2D eigenvalue weighted by Crippen LogP contribution is 2.36. The van der Waals surface area contributed by atoms with E-state index in [1.54, 1.807) is 0 Å². The molecule has 2 aromatic heterocycles. The molecule has 0 bridgehead atoms. The molecule has 220 valence electrons. The Morgan fingerprint density at radius 3 is 1.68 bits per heavy atom.